The Balaban J connectivity index is 1.76. The summed E-state index contributed by atoms with van der Waals surface area (Å²) in [6.07, 6.45) is 0.299. The van der Waals surface area contributed by atoms with Gasteiger partial charge in [-0.3, -0.25) is 14.5 Å². The summed E-state index contributed by atoms with van der Waals surface area (Å²) in [5, 5.41) is 13.4. The smallest absolute Gasteiger partial charge is 0.269 e. The van der Waals surface area contributed by atoms with Crippen LogP contribution in [0.25, 0.3) is 0 Å². The van der Waals surface area contributed by atoms with Gasteiger partial charge in [-0.1, -0.05) is 71.4 Å². The van der Waals surface area contributed by atoms with Gasteiger partial charge in [0.25, 0.3) is 5.91 Å². The summed E-state index contributed by atoms with van der Waals surface area (Å²) in [5.41, 5.74) is 2.61. The molecule has 1 fully saturated rings. The summed E-state index contributed by atoms with van der Waals surface area (Å²) in [4.78, 5) is 28.2. The Morgan fingerprint density at radius 2 is 1.79 bits per heavy atom. The fourth-order valence-corrected chi connectivity index (χ4v) is 5.31. The predicted octanol–water partition coefficient (Wildman–Crippen LogP) is 6.37. The van der Waals surface area contributed by atoms with Gasteiger partial charge in [-0.2, -0.15) is 5.26 Å². The average molecular weight is 508 g/mol. The molecule has 1 saturated heterocycles. The molecule has 1 aliphatic heterocycles. The molecule has 1 N–H and O–H groups in total. The van der Waals surface area contributed by atoms with E-state index < -0.39 is 11.2 Å². The number of nitriles is 1. The monoisotopic (exact) mass is 507 g/mol. The van der Waals surface area contributed by atoms with E-state index in [1.165, 1.54) is 16.7 Å². The lowest BCUT2D eigenvalue weighted by Crippen LogP contribution is -2.31. The second kappa shape index (κ2) is 10.4. The fourth-order valence-electron chi connectivity index (χ4n) is 3.63. The summed E-state index contributed by atoms with van der Waals surface area (Å²) >= 11 is 13.7. The van der Waals surface area contributed by atoms with Crippen molar-refractivity contribution in [1.82, 2.24) is 0 Å². The summed E-state index contributed by atoms with van der Waals surface area (Å²) < 4.78 is 0. The molecule has 0 radical (unpaired) electrons. The number of nitrogens with zero attached hydrogens (tertiary/aromatic N) is 2. The van der Waals surface area contributed by atoms with E-state index in [1.807, 2.05) is 37.3 Å². The fraction of sp³-hybridized carbons (Fsp3) is 0.115. The standard InChI is InChI=1S/C26H19Cl2N3O2S/c1-16-7-5-6-10-22(16)31-25(33)23(14-17-13-18(27)11-12-21(17)28)34-26(31)20(15-29)24(32)30-19-8-3-2-4-9-19/h2-13,23H,14H2,1H3,(H,30,32)/b26-20+/t23-/m1/s1. The zero-order valence-corrected chi connectivity index (χ0v) is 20.4. The number of halogens is 2. The quantitative estimate of drug-likeness (QED) is 0.321. The van der Waals surface area contributed by atoms with Gasteiger partial charge in [0.05, 0.1) is 10.9 Å². The van der Waals surface area contributed by atoms with Crippen molar-refractivity contribution in [1.29, 1.82) is 5.26 Å². The Kier molecular flexibility index (Phi) is 7.28. The lowest BCUT2D eigenvalue weighted by Gasteiger charge is -2.20. The van der Waals surface area contributed by atoms with Crippen LogP contribution in [0, 0.1) is 18.3 Å². The van der Waals surface area contributed by atoms with Crippen molar-refractivity contribution in [3.63, 3.8) is 0 Å². The van der Waals surface area contributed by atoms with E-state index >= 15 is 0 Å². The summed E-state index contributed by atoms with van der Waals surface area (Å²) in [7, 11) is 0. The van der Waals surface area contributed by atoms with Gasteiger partial charge in [-0.25, -0.2) is 0 Å². The van der Waals surface area contributed by atoms with Crippen molar-refractivity contribution in [2.24, 2.45) is 0 Å². The van der Waals surface area contributed by atoms with Crippen molar-refractivity contribution in [2.45, 2.75) is 18.6 Å². The van der Waals surface area contributed by atoms with Crippen LogP contribution in [0.15, 0.2) is 83.4 Å². The summed E-state index contributed by atoms with van der Waals surface area (Å²) in [5.74, 6) is -0.811. The average Bonchev–Trinajstić information content (AvgIpc) is 3.13. The molecule has 8 heteroatoms. The normalized spacial score (nSPS) is 16.8. The molecule has 3 aromatic rings. The van der Waals surface area contributed by atoms with Gasteiger partial charge in [-0.05, 0) is 60.9 Å². The van der Waals surface area contributed by atoms with Crippen LogP contribution in [-0.4, -0.2) is 17.1 Å². The van der Waals surface area contributed by atoms with Gasteiger partial charge in [0.15, 0.2) is 0 Å². The molecular weight excluding hydrogens is 489 g/mol. The Morgan fingerprint density at radius 3 is 2.50 bits per heavy atom. The van der Waals surface area contributed by atoms with Crippen LogP contribution in [0.3, 0.4) is 0 Å². The molecule has 3 aromatic carbocycles. The molecule has 0 bridgehead atoms. The van der Waals surface area contributed by atoms with E-state index in [4.69, 9.17) is 23.2 Å². The number of aryl methyl sites for hydroxylation is 1. The minimum absolute atomic E-state index is 0.134. The first kappa shape index (κ1) is 23.9. The van der Waals surface area contributed by atoms with Crippen LogP contribution in [-0.2, 0) is 16.0 Å². The van der Waals surface area contributed by atoms with Gasteiger partial charge in [-0.15, -0.1) is 0 Å². The van der Waals surface area contributed by atoms with E-state index in [0.717, 1.165) is 11.1 Å². The maximum atomic E-state index is 13.6. The molecule has 34 heavy (non-hydrogen) atoms. The molecule has 0 spiro atoms. The van der Waals surface area contributed by atoms with E-state index in [2.05, 4.69) is 5.32 Å². The van der Waals surface area contributed by atoms with Crippen LogP contribution >= 0.6 is 35.0 Å². The van der Waals surface area contributed by atoms with E-state index in [-0.39, 0.29) is 11.5 Å². The summed E-state index contributed by atoms with van der Waals surface area (Å²) in [6.45, 7) is 1.88. The highest BCUT2D eigenvalue weighted by molar-refractivity contribution is 8.05. The molecule has 0 unspecified atom stereocenters. The Hall–Kier alpha value is -3.24. The third-order valence-electron chi connectivity index (χ3n) is 5.31. The largest absolute Gasteiger partial charge is 0.321 e. The number of para-hydroxylation sites is 2. The van der Waals surface area contributed by atoms with Crippen molar-refractivity contribution < 1.29 is 9.59 Å². The lowest BCUT2D eigenvalue weighted by molar-refractivity contribution is -0.117. The first-order valence-electron chi connectivity index (χ1n) is 10.4. The van der Waals surface area contributed by atoms with Crippen molar-refractivity contribution in [2.75, 3.05) is 10.2 Å². The minimum atomic E-state index is -0.585. The predicted molar refractivity (Wildman–Crippen MR) is 138 cm³/mol. The second-order valence-electron chi connectivity index (χ2n) is 7.62. The maximum absolute atomic E-state index is 13.6. The van der Waals surface area contributed by atoms with E-state index in [0.29, 0.717) is 32.9 Å². The van der Waals surface area contributed by atoms with Crippen molar-refractivity contribution >= 4 is 58.2 Å². The number of amides is 2. The van der Waals surface area contributed by atoms with Crippen LogP contribution in [0.4, 0.5) is 11.4 Å². The Bertz CT molecular complexity index is 1340. The van der Waals surface area contributed by atoms with Crippen LogP contribution in [0.5, 0.6) is 0 Å². The number of rotatable bonds is 5. The Labute approximate surface area is 212 Å². The molecule has 0 aliphatic carbocycles. The highest BCUT2D eigenvalue weighted by Gasteiger charge is 2.41. The van der Waals surface area contributed by atoms with Gasteiger partial charge in [0, 0.05) is 15.7 Å². The molecule has 170 valence electrons. The molecule has 4 rings (SSSR count). The number of carbonyl (C=O) groups is 2. The van der Waals surface area contributed by atoms with E-state index in [9.17, 15) is 14.9 Å². The number of thioether (sulfide) groups is 1. The number of nitrogens with one attached hydrogen (secondary N) is 1. The second-order valence-corrected chi connectivity index (χ2v) is 9.65. The van der Waals surface area contributed by atoms with Crippen molar-refractivity contribution in [3.05, 3.63) is 105 Å². The lowest BCUT2D eigenvalue weighted by atomic mass is 10.1. The van der Waals surface area contributed by atoms with Crippen LogP contribution in [0.2, 0.25) is 10.0 Å². The number of hydrogen-bond donors (Lipinski definition) is 1. The molecule has 1 heterocycles. The highest BCUT2D eigenvalue weighted by atomic mass is 35.5. The SMILES string of the molecule is Cc1ccccc1N1C(=O)[C@@H](Cc2cc(Cl)ccc2Cl)S/C1=C(\C#N)C(=O)Nc1ccccc1. The van der Waals surface area contributed by atoms with Crippen molar-refractivity contribution in [3.8, 4) is 6.07 Å². The highest BCUT2D eigenvalue weighted by Crippen LogP contribution is 2.43. The Morgan fingerprint density at radius 1 is 1.09 bits per heavy atom. The van der Waals surface area contributed by atoms with Gasteiger partial charge < -0.3 is 5.32 Å². The van der Waals surface area contributed by atoms with Gasteiger partial charge in [0.2, 0.25) is 5.91 Å². The topological polar surface area (TPSA) is 73.2 Å². The van der Waals surface area contributed by atoms with Gasteiger partial charge >= 0.3 is 0 Å². The molecule has 2 amide bonds. The minimum Gasteiger partial charge on any atom is -0.321 e. The number of hydrogen-bond acceptors (Lipinski definition) is 4. The maximum Gasteiger partial charge on any atom is 0.269 e. The third-order valence-corrected chi connectivity index (χ3v) is 7.17. The molecular formula is C26H19Cl2N3O2S. The van der Waals surface area contributed by atoms with Gasteiger partial charge in [0.1, 0.15) is 16.7 Å². The summed E-state index contributed by atoms with van der Waals surface area (Å²) in [6, 6.07) is 23.3. The zero-order valence-electron chi connectivity index (χ0n) is 18.1. The van der Waals surface area contributed by atoms with Crippen LogP contribution in [0.1, 0.15) is 11.1 Å². The zero-order chi connectivity index (χ0) is 24.2. The number of carbonyl (C=O) groups excluding carboxylic acids is 2. The van der Waals surface area contributed by atoms with E-state index in [1.54, 1.807) is 48.5 Å². The number of benzene rings is 3. The molecule has 1 aliphatic rings. The number of anilines is 2. The first-order valence-corrected chi connectivity index (χ1v) is 12.0. The first-order chi connectivity index (χ1) is 16.4. The third kappa shape index (κ3) is 4.97. The molecule has 0 aromatic heterocycles. The van der Waals surface area contributed by atoms with Crippen LogP contribution < -0.4 is 10.2 Å². The molecule has 1 atom stereocenters. The molecule has 5 nitrogen and oxygen atoms in total. The molecule has 0 saturated carbocycles.